The summed E-state index contributed by atoms with van der Waals surface area (Å²) in [5.74, 6) is 2.61. The molecule has 0 spiro atoms. The first-order valence-corrected chi connectivity index (χ1v) is 7.86. The molecule has 0 radical (unpaired) electrons. The summed E-state index contributed by atoms with van der Waals surface area (Å²) in [7, 11) is 1.86. The van der Waals surface area contributed by atoms with Crippen LogP contribution in [0.2, 0.25) is 0 Å². The zero-order valence-corrected chi connectivity index (χ0v) is 13.4. The average Bonchev–Trinajstić information content (AvgIpc) is 2.50. The zero-order valence-electron chi connectivity index (χ0n) is 13.4. The summed E-state index contributed by atoms with van der Waals surface area (Å²) in [6.07, 6.45) is 2.39. The minimum atomic E-state index is 0.312. The minimum absolute atomic E-state index is 0.312. The third-order valence-electron chi connectivity index (χ3n) is 3.67. The highest BCUT2D eigenvalue weighted by molar-refractivity contribution is 5.79. The lowest BCUT2D eigenvalue weighted by Gasteiger charge is -2.34. The Kier molecular flexibility index (Phi) is 5.90. The normalized spacial score (nSPS) is 17.1. The number of guanidine groups is 1. The summed E-state index contributed by atoms with van der Waals surface area (Å²) < 4.78 is 6.03. The van der Waals surface area contributed by atoms with E-state index >= 15 is 0 Å². The van der Waals surface area contributed by atoms with Crippen LogP contribution < -0.4 is 10.1 Å². The molecule has 0 aliphatic carbocycles. The summed E-state index contributed by atoms with van der Waals surface area (Å²) in [6.45, 7) is 7.37. The molecule has 1 N–H and O–H groups in total. The average molecular weight is 289 g/mol. The predicted molar refractivity (Wildman–Crippen MR) is 87.9 cm³/mol. The molecule has 0 aromatic heterocycles. The lowest BCUT2D eigenvalue weighted by Crippen LogP contribution is -2.48. The van der Waals surface area contributed by atoms with Gasteiger partial charge in [0.2, 0.25) is 0 Å². The van der Waals surface area contributed by atoms with Crippen LogP contribution in [0.4, 0.5) is 0 Å². The lowest BCUT2D eigenvalue weighted by atomic mass is 10.1. The molecule has 4 heteroatoms. The van der Waals surface area contributed by atoms with Gasteiger partial charge in [-0.1, -0.05) is 32.0 Å². The maximum atomic E-state index is 6.03. The van der Waals surface area contributed by atoms with Crippen molar-refractivity contribution in [3.8, 4) is 5.75 Å². The fraction of sp³-hybridized carbons (Fsp3) is 0.588. The second kappa shape index (κ2) is 7.91. The first kappa shape index (κ1) is 15.7. The molecule has 0 bridgehead atoms. The molecule has 1 aliphatic heterocycles. The van der Waals surface area contributed by atoms with E-state index in [0.717, 1.165) is 44.2 Å². The number of nitrogens with one attached hydrogen (secondary N) is 1. The van der Waals surface area contributed by atoms with Gasteiger partial charge in [-0.3, -0.25) is 4.99 Å². The summed E-state index contributed by atoms with van der Waals surface area (Å²) >= 11 is 0. The Labute approximate surface area is 128 Å². The van der Waals surface area contributed by atoms with E-state index < -0.39 is 0 Å². The van der Waals surface area contributed by atoms with Gasteiger partial charge in [0.15, 0.2) is 5.96 Å². The molecule has 0 saturated carbocycles. The molecular weight excluding hydrogens is 262 g/mol. The number of hydrogen-bond acceptors (Lipinski definition) is 2. The quantitative estimate of drug-likeness (QED) is 0.684. The van der Waals surface area contributed by atoms with Gasteiger partial charge in [0.25, 0.3) is 0 Å². The van der Waals surface area contributed by atoms with E-state index in [4.69, 9.17) is 4.74 Å². The van der Waals surface area contributed by atoms with E-state index in [1.807, 2.05) is 37.4 Å². The van der Waals surface area contributed by atoms with E-state index in [1.54, 1.807) is 0 Å². The first-order chi connectivity index (χ1) is 10.2. The Morgan fingerprint density at radius 2 is 1.95 bits per heavy atom. The molecule has 21 heavy (non-hydrogen) atoms. The standard InChI is InChI=1S/C17H27N3O/c1-14(2)13-19-17(18-3)20-11-9-16(10-12-20)21-15-7-5-4-6-8-15/h4-8,14,16H,9-13H2,1-3H3,(H,18,19). The Balaban J connectivity index is 1.79. The molecule has 1 saturated heterocycles. The van der Waals surface area contributed by atoms with Crippen LogP contribution in [0.15, 0.2) is 35.3 Å². The van der Waals surface area contributed by atoms with Crippen molar-refractivity contribution >= 4 is 5.96 Å². The van der Waals surface area contributed by atoms with E-state index in [2.05, 4.69) is 29.1 Å². The van der Waals surface area contributed by atoms with Crippen molar-refractivity contribution in [2.45, 2.75) is 32.8 Å². The van der Waals surface area contributed by atoms with Gasteiger partial charge < -0.3 is 15.0 Å². The van der Waals surface area contributed by atoms with Gasteiger partial charge in [-0.2, -0.15) is 0 Å². The second-order valence-corrected chi connectivity index (χ2v) is 5.94. The fourth-order valence-corrected chi connectivity index (χ4v) is 2.50. The number of ether oxygens (including phenoxy) is 1. The fourth-order valence-electron chi connectivity index (χ4n) is 2.50. The zero-order chi connectivity index (χ0) is 15.1. The van der Waals surface area contributed by atoms with Crippen LogP contribution in [-0.2, 0) is 0 Å². The van der Waals surface area contributed by atoms with Gasteiger partial charge in [0, 0.05) is 39.5 Å². The number of benzene rings is 1. The number of para-hydroxylation sites is 1. The largest absolute Gasteiger partial charge is 0.490 e. The summed E-state index contributed by atoms with van der Waals surface area (Å²) in [4.78, 5) is 6.71. The van der Waals surface area contributed by atoms with Crippen LogP contribution in [0.25, 0.3) is 0 Å². The Morgan fingerprint density at radius 1 is 1.29 bits per heavy atom. The summed E-state index contributed by atoms with van der Waals surface area (Å²) in [6, 6.07) is 10.1. The van der Waals surface area contributed by atoms with Crippen molar-refractivity contribution in [2.24, 2.45) is 10.9 Å². The molecule has 1 fully saturated rings. The van der Waals surface area contributed by atoms with Crippen molar-refractivity contribution in [2.75, 3.05) is 26.7 Å². The highest BCUT2D eigenvalue weighted by Gasteiger charge is 2.22. The van der Waals surface area contributed by atoms with E-state index in [0.29, 0.717) is 12.0 Å². The van der Waals surface area contributed by atoms with E-state index in [9.17, 15) is 0 Å². The third kappa shape index (κ3) is 4.96. The van der Waals surface area contributed by atoms with Crippen LogP contribution in [0.3, 0.4) is 0 Å². The number of aliphatic imine (C=N–C) groups is 1. The molecule has 1 aliphatic rings. The van der Waals surface area contributed by atoms with Gasteiger partial charge in [0.1, 0.15) is 11.9 Å². The number of nitrogens with zero attached hydrogens (tertiary/aromatic N) is 2. The van der Waals surface area contributed by atoms with Crippen LogP contribution in [0.5, 0.6) is 5.75 Å². The molecule has 1 aromatic carbocycles. The molecule has 1 aromatic rings. The van der Waals surface area contributed by atoms with Gasteiger partial charge in [-0.25, -0.2) is 0 Å². The third-order valence-corrected chi connectivity index (χ3v) is 3.67. The van der Waals surface area contributed by atoms with Crippen LogP contribution in [0.1, 0.15) is 26.7 Å². The van der Waals surface area contributed by atoms with Crippen LogP contribution in [0, 0.1) is 5.92 Å². The number of likely N-dealkylation sites (tertiary alicyclic amines) is 1. The lowest BCUT2D eigenvalue weighted by molar-refractivity contribution is 0.129. The van der Waals surface area contributed by atoms with Crippen molar-refractivity contribution in [3.05, 3.63) is 30.3 Å². The maximum absolute atomic E-state index is 6.03. The van der Waals surface area contributed by atoms with Crippen molar-refractivity contribution in [1.29, 1.82) is 0 Å². The smallest absolute Gasteiger partial charge is 0.193 e. The Morgan fingerprint density at radius 3 is 2.52 bits per heavy atom. The monoisotopic (exact) mass is 289 g/mol. The predicted octanol–water partition coefficient (Wildman–Crippen LogP) is 2.76. The molecule has 116 valence electrons. The highest BCUT2D eigenvalue weighted by atomic mass is 16.5. The van der Waals surface area contributed by atoms with E-state index in [1.165, 1.54) is 0 Å². The van der Waals surface area contributed by atoms with Gasteiger partial charge in [-0.15, -0.1) is 0 Å². The molecule has 1 heterocycles. The Bertz CT molecular complexity index is 437. The summed E-state index contributed by atoms with van der Waals surface area (Å²) in [5.41, 5.74) is 0. The maximum Gasteiger partial charge on any atom is 0.193 e. The molecule has 4 nitrogen and oxygen atoms in total. The van der Waals surface area contributed by atoms with Crippen molar-refractivity contribution in [3.63, 3.8) is 0 Å². The van der Waals surface area contributed by atoms with Gasteiger partial charge in [0.05, 0.1) is 0 Å². The van der Waals surface area contributed by atoms with Crippen LogP contribution >= 0.6 is 0 Å². The molecule has 2 rings (SSSR count). The topological polar surface area (TPSA) is 36.9 Å². The molecule has 0 atom stereocenters. The van der Waals surface area contributed by atoms with E-state index in [-0.39, 0.29) is 0 Å². The molecule has 0 amide bonds. The number of piperidine rings is 1. The first-order valence-electron chi connectivity index (χ1n) is 7.86. The SMILES string of the molecule is CN=C(NCC(C)C)N1CCC(Oc2ccccc2)CC1. The number of rotatable bonds is 4. The highest BCUT2D eigenvalue weighted by Crippen LogP contribution is 2.18. The van der Waals surface area contributed by atoms with Crippen molar-refractivity contribution < 1.29 is 4.74 Å². The molecular formula is C17H27N3O. The van der Waals surface area contributed by atoms with Gasteiger partial charge in [-0.05, 0) is 18.1 Å². The number of hydrogen-bond donors (Lipinski definition) is 1. The summed E-state index contributed by atoms with van der Waals surface area (Å²) in [5, 5.41) is 3.44. The minimum Gasteiger partial charge on any atom is -0.490 e. The molecule has 0 unspecified atom stereocenters. The Hall–Kier alpha value is -1.71. The van der Waals surface area contributed by atoms with Crippen molar-refractivity contribution in [1.82, 2.24) is 10.2 Å². The second-order valence-electron chi connectivity index (χ2n) is 5.94. The van der Waals surface area contributed by atoms with Crippen LogP contribution in [-0.4, -0.2) is 43.6 Å². The van der Waals surface area contributed by atoms with Gasteiger partial charge >= 0.3 is 0 Å².